The van der Waals surface area contributed by atoms with Crippen molar-refractivity contribution in [3.63, 3.8) is 0 Å². The first-order valence-electron chi connectivity index (χ1n) is 5.19. The molecule has 0 saturated carbocycles. The SMILES string of the molecule is COc1ccc(Br)c(C(O)c2sccc2C)c1. The van der Waals surface area contributed by atoms with E-state index in [2.05, 4.69) is 15.9 Å². The summed E-state index contributed by atoms with van der Waals surface area (Å²) in [5.41, 5.74) is 1.94. The van der Waals surface area contributed by atoms with E-state index in [1.807, 2.05) is 36.6 Å². The third-order valence-corrected chi connectivity index (χ3v) is 4.44. The molecular formula is C13H13BrO2S. The van der Waals surface area contributed by atoms with Gasteiger partial charge in [-0.15, -0.1) is 11.3 Å². The number of rotatable bonds is 3. The Labute approximate surface area is 113 Å². The molecule has 1 unspecified atom stereocenters. The van der Waals surface area contributed by atoms with Gasteiger partial charge in [0, 0.05) is 14.9 Å². The van der Waals surface area contributed by atoms with Crippen LogP contribution in [0.25, 0.3) is 0 Å². The second-order valence-corrected chi connectivity index (χ2v) is 5.56. The Morgan fingerprint density at radius 1 is 1.35 bits per heavy atom. The molecule has 0 aliphatic heterocycles. The van der Waals surface area contributed by atoms with Gasteiger partial charge in [0.1, 0.15) is 11.9 Å². The van der Waals surface area contributed by atoms with Crippen molar-refractivity contribution >= 4 is 27.3 Å². The van der Waals surface area contributed by atoms with Crippen LogP contribution in [0.5, 0.6) is 5.75 Å². The summed E-state index contributed by atoms with van der Waals surface area (Å²) in [6, 6.07) is 7.62. The second-order valence-electron chi connectivity index (χ2n) is 3.76. The van der Waals surface area contributed by atoms with E-state index >= 15 is 0 Å². The lowest BCUT2D eigenvalue weighted by molar-refractivity contribution is 0.222. The lowest BCUT2D eigenvalue weighted by atomic mass is 10.1. The molecule has 0 saturated heterocycles. The minimum Gasteiger partial charge on any atom is -0.497 e. The largest absolute Gasteiger partial charge is 0.497 e. The Morgan fingerprint density at radius 3 is 2.71 bits per heavy atom. The summed E-state index contributed by atoms with van der Waals surface area (Å²) in [4.78, 5) is 0.971. The van der Waals surface area contributed by atoms with E-state index in [-0.39, 0.29) is 0 Å². The van der Waals surface area contributed by atoms with Crippen LogP contribution in [-0.2, 0) is 0 Å². The Kier molecular flexibility index (Phi) is 3.86. The highest BCUT2D eigenvalue weighted by Gasteiger charge is 2.17. The normalized spacial score (nSPS) is 12.5. The van der Waals surface area contributed by atoms with Crippen LogP contribution in [0.2, 0.25) is 0 Å². The van der Waals surface area contributed by atoms with Gasteiger partial charge in [-0.1, -0.05) is 15.9 Å². The van der Waals surface area contributed by atoms with Crippen molar-refractivity contribution in [1.29, 1.82) is 0 Å². The van der Waals surface area contributed by atoms with Crippen molar-refractivity contribution in [2.45, 2.75) is 13.0 Å². The zero-order valence-corrected chi connectivity index (χ0v) is 12.0. The van der Waals surface area contributed by atoms with Crippen LogP contribution in [0.3, 0.4) is 0 Å². The highest BCUT2D eigenvalue weighted by atomic mass is 79.9. The molecule has 17 heavy (non-hydrogen) atoms. The van der Waals surface area contributed by atoms with E-state index in [1.54, 1.807) is 18.4 Å². The zero-order valence-electron chi connectivity index (χ0n) is 9.61. The standard InChI is InChI=1S/C13H13BrO2S/c1-8-5-6-17-13(8)12(15)10-7-9(16-2)3-4-11(10)14/h3-7,12,15H,1-2H3. The van der Waals surface area contributed by atoms with Crippen LogP contribution in [0.1, 0.15) is 22.1 Å². The quantitative estimate of drug-likeness (QED) is 0.931. The predicted octanol–water partition coefficient (Wildman–Crippen LogP) is 3.91. The van der Waals surface area contributed by atoms with E-state index < -0.39 is 6.10 Å². The molecule has 0 amide bonds. The minimum atomic E-state index is -0.612. The first-order chi connectivity index (χ1) is 8.13. The number of benzene rings is 1. The number of methoxy groups -OCH3 is 1. The van der Waals surface area contributed by atoms with Crippen LogP contribution >= 0.6 is 27.3 Å². The zero-order chi connectivity index (χ0) is 12.4. The fraction of sp³-hybridized carbons (Fsp3) is 0.231. The molecule has 2 aromatic rings. The maximum Gasteiger partial charge on any atom is 0.119 e. The number of ether oxygens (including phenoxy) is 1. The summed E-state index contributed by atoms with van der Waals surface area (Å²) in [6.45, 7) is 2.00. The van der Waals surface area contributed by atoms with Gasteiger partial charge >= 0.3 is 0 Å². The van der Waals surface area contributed by atoms with Crippen molar-refractivity contribution < 1.29 is 9.84 Å². The van der Waals surface area contributed by atoms with Gasteiger partial charge in [-0.05, 0) is 42.1 Å². The molecule has 2 rings (SSSR count). The molecule has 4 heteroatoms. The fourth-order valence-corrected chi connectivity index (χ4v) is 3.06. The molecular weight excluding hydrogens is 300 g/mol. The summed E-state index contributed by atoms with van der Waals surface area (Å²) in [6.07, 6.45) is -0.612. The maximum atomic E-state index is 10.4. The Morgan fingerprint density at radius 2 is 2.12 bits per heavy atom. The summed E-state index contributed by atoms with van der Waals surface area (Å²) < 4.78 is 6.07. The Bertz CT molecular complexity index is 522. The Balaban J connectivity index is 2.43. The molecule has 0 fully saturated rings. The summed E-state index contributed by atoms with van der Waals surface area (Å²) in [5.74, 6) is 0.747. The molecule has 90 valence electrons. The lowest BCUT2D eigenvalue weighted by Crippen LogP contribution is -2.00. The van der Waals surface area contributed by atoms with Gasteiger partial charge in [0.25, 0.3) is 0 Å². The summed E-state index contributed by atoms with van der Waals surface area (Å²) in [5, 5.41) is 12.4. The lowest BCUT2D eigenvalue weighted by Gasteiger charge is -2.13. The first kappa shape index (κ1) is 12.6. The number of hydrogen-bond donors (Lipinski definition) is 1. The van der Waals surface area contributed by atoms with Crippen molar-refractivity contribution in [2.75, 3.05) is 7.11 Å². The molecule has 0 spiro atoms. The van der Waals surface area contributed by atoms with Crippen LogP contribution in [-0.4, -0.2) is 12.2 Å². The van der Waals surface area contributed by atoms with Gasteiger partial charge in [0.15, 0.2) is 0 Å². The molecule has 1 atom stereocenters. The molecule has 0 aliphatic rings. The average molecular weight is 313 g/mol. The highest BCUT2D eigenvalue weighted by Crippen LogP contribution is 2.35. The van der Waals surface area contributed by atoms with Gasteiger partial charge in [-0.3, -0.25) is 0 Å². The third-order valence-electron chi connectivity index (χ3n) is 2.65. The second kappa shape index (κ2) is 5.21. The van der Waals surface area contributed by atoms with Crippen LogP contribution in [0, 0.1) is 6.92 Å². The van der Waals surface area contributed by atoms with Crippen molar-refractivity contribution in [2.24, 2.45) is 0 Å². The molecule has 1 heterocycles. The van der Waals surface area contributed by atoms with Crippen LogP contribution in [0.4, 0.5) is 0 Å². The summed E-state index contributed by atoms with van der Waals surface area (Å²) in [7, 11) is 1.62. The number of aliphatic hydroxyl groups is 1. The molecule has 0 aliphatic carbocycles. The third kappa shape index (κ3) is 2.54. The van der Waals surface area contributed by atoms with Gasteiger partial charge in [-0.25, -0.2) is 0 Å². The topological polar surface area (TPSA) is 29.5 Å². The molecule has 0 bridgehead atoms. The number of halogens is 1. The van der Waals surface area contributed by atoms with Gasteiger partial charge < -0.3 is 9.84 Å². The predicted molar refractivity (Wildman–Crippen MR) is 73.8 cm³/mol. The molecule has 1 aromatic heterocycles. The van der Waals surface area contributed by atoms with Crippen LogP contribution in [0.15, 0.2) is 34.1 Å². The van der Waals surface area contributed by atoms with Crippen molar-refractivity contribution in [3.05, 3.63) is 50.1 Å². The molecule has 2 nitrogen and oxygen atoms in total. The minimum absolute atomic E-state index is 0.612. The van der Waals surface area contributed by atoms with E-state index in [0.29, 0.717) is 0 Å². The monoisotopic (exact) mass is 312 g/mol. The van der Waals surface area contributed by atoms with Gasteiger partial charge in [0.05, 0.1) is 7.11 Å². The van der Waals surface area contributed by atoms with Crippen LogP contribution < -0.4 is 4.74 Å². The Hall–Kier alpha value is -0.840. The van der Waals surface area contributed by atoms with Gasteiger partial charge in [-0.2, -0.15) is 0 Å². The molecule has 1 N–H and O–H groups in total. The highest BCUT2D eigenvalue weighted by molar-refractivity contribution is 9.10. The van der Waals surface area contributed by atoms with Crippen molar-refractivity contribution in [3.8, 4) is 5.75 Å². The first-order valence-corrected chi connectivity index (χ1v) is 6.86. The summed E-state index contributed by atoms with van der Waals surface area (Å²) >= 11 is 5.02. The number of hydrogen-bond acceptors (Lipinski definition) is 3. The molecule has 0 radical (unpaired) electrons. The van der Waals surface area contributed by atoms with Gasteiger partial charge in [0.2, 0.25) is 0 Å². The number of aliphatic hydroxyl groups excluding tert-OH is 1. The number of aryl methyl sites for hydroxylation is 1. The van der Waals surface area contributed by atoms with E-state index in [4.69, 9.17) is 4.74 Å². The van der Waals surface area contributed by atoms with E-state index in [0.717, 1.165) is 26.2 Å². The fourth-order valence-electron chi connectivity index (χ4n) is 1.66. The maximum absolute atomic E-state index is 10.4. The smallest absolute Gasteiger partial charge is 0.119 e. The molecule has 1 aromatic carbocycles. The van der Waals surface area contributed by atoms with E-state index in [1.165, 1.54) is 0 Å². The number of thiophene rings is 1. The average Bonchev–Trinajstić information content (AvgIpc) is 2.75. The van der Waals surface area contributed by atoms with E-state index in [9.17, 15) is 5.11 Å². The van der Waals surface area contributed by atoms with Crippen molar-refractivity contribution in [1.82, 2.24) is 0 Å².